The SMILES string of the molecule is C1CCC(c2n[nH]c(C3CCCS3)n2)C1. The Morgan fingerprint density at radius 2 is 2.00 bits per heavy atom. The van der Waals surface area contributed by atoms with Crippen LogP contribution >= 0.6 is 11.8 Å². The van der Waals surface area contributed by atoms with E-state index in [0.29, 0.717) is 11.2 Å². The van der Waals surface area contributed by atoms with Crippen molar-refractivity contribution in [1.29, 1.82) is 0 Å². The lowest BCUT2D eigenvalue weighted by atomic mass is 10.1. The first-order valence-electron chi connectivity index (χ1n) is 5.97. The van der Waals surface area contributed by atoms with Crippen LogP contribution in [0.25, 0.3) is 0 Å². The van der Waals surface area contributed by atoms with E-state index in [0.717, 1.165) is 11.6 Å². The van der Waals surface area contributed by atoms with Crippen LogP contribution in [0, 0.1) is 0 Å². The molecule has 0 radical (unpaired) electrons. The minimum Gasteiger partial charge on any atom is -0.262 e. The van der Waals surface area contributed by atoms with Gasteiger partial charge in [-0.05, 0) is 31.4 Å². The minimum absolute atomic E-state index is 0.590. The van der Waals surface area contributed by atoms with Gasteiger partial charge in [-0.15, -0.1) is 0 Å². The average Bonchev–Trinajstić information content (AvgIpc) is 3.02. The van der Waals surface area contributed by atoms with Gasteiger partial charge in [0.2, 0.25) is 0 Å². The smallest absolute Gasteiger partial charge is 0.153 e. The fourth-order valence-electron chi connectivity index (χ4n) is 2.59. The second-order valence-corrected chi connectivity index (χ2v) is 5.87. The molecule has 82 valence electrons. The molecule has 1 saturated carbocycles. The van der Waals surface area contributed by atoms with Gasteiger partial charge in [0.1, 0.15) is 5.82 Å². The standard InChI is InChI=1S/C11H17N3S/c1-2-5-8(4-1)10-12-11(14-13-10)9-6-3-7-15-9/h8-9H,1-7H2,(H,12,13,14). The summed E-state index contributed by atoms with van der Waals surface area (Å²) in [6.45, 7) is 0. The Morgan fingerprint density at radius 3 is 2.73 bits per heavy atom. The molecule has 1 unspecified atom stereocenters. The second-order valence-electron chi connectivity index (χ2n) is 4.56. The van der Waals surface area contributed by atoms with Gasteiger partial charge in [-0.25, -0.2) is 4.98 Å². The number of rotatable bonds is 2. The normalized spacial score (nSPS) is 27.6. The zero-order valence-corrected chi connectivity index (χ0v) is 9.72. The molecule has 2 aliphatic rings. The summed E-state index contributed by atoms with van der Waals surface area (Å²) in [6.07, 6.45) is 7.88. The first-order chi connectivity index (χ1) is 7.43. The van der Waals surface area contributed by atoms with Crippen molar-refractivity contribution in [2.75, 3.05) is 5.75 Å². The predicted octanol–water partition coefficient (Wildman–Crippen LogP) is 3.03. The summed E-state index contributed by atoms with van der Waals surface area (Å²) >= 11 is 2.02. The molecular formula is C11H17N3S. The highest BCUT2D eigenvalue weighted by Gasteiger charge is 2.25. The zero-order chi connectivity index (χ0) is 10.1. The van der Waals surface area contributed by atoms with Crippen molar-refractivity contribution in [2.45, 2.75) is 49.7 Å². The number of hydrogen-bond acceptors (Lipinski definition) is 3. The molecule has 3 nitrogen and oxygen atoms in total. The van der Waals surface area contributed by atoms with Crippen LogP contribution in [0.1, 0.15) is 61.3 Å². The number of nitrogens with zero attached hydrogens (tertiary/aromatic N) is 2. The van der Waals surface area contributed by atoms with Crippen molar-refractivity contribution in [3.05, 3.63) is 11.6 Å². The highest BCUT2D eigenvalue weighted by Crippen LogP contribution is 2.39. The van der Waals surface area contributed by atoms with E-state index in [-0.39, 0.29) is 0 Å². The van der Waals surface area contributed by atoms with Gasteiger partial charge < -0.3 is 0 Å². The van der Waals surface area contributed by atoms with E-state index in [1.54, 1.807) is 0 Å². The fraction of sp³-hybridized carbons (Fsp3) is 0.818. The molecule has 1 aromatic rings. The minimum atomic E-state index is 0.590. The van der Waals surface area contributed by atoms with Crippen LogP contribution in [0.3, 0.4) is 0 Å². The molecule has 1 aliphatic carbocycles. The van der Waals surface area contributed by atoms with E-state index in [9.17, 15) is 0 Å². The fourth-order valence-corrected chi connectivity index (χ4v) is 3.81. The molecule has 0 aromatic carbocycles. The summed E-state index contributed by atoms with van der Waals surface area (Å²) in [6, 6.07) is 0. The molecule has 4 heteroatoms. The van der Waals surface area contributed by atoms with E-state index < -0.39 is 0 Å². The largest absolute Gasteiger partial charge is 0.262 e. The van der Waals surface area contributed by atoms with E-state index in [1.807, 2.05) is 11.8 Å². The Morgan fingerprint density at radius 1 is 1.13 bits per heavy atom. The highest BCUT2D eigenvalue weighted by molar-refractivity contribution is 7.99. The van der Waals surface area contributed by atoms with Crippen LogP contribution in [0.2, 0.25) is 0 Å². The van der Waals surface area contributed by atoms with E-state index in [1.165, 1.54) is 44.3 Å². The maximum atomic E-state index is 4.69. The summed E-state index contributed by atoms with van der Waals surface area (Å²) in [7, 11) is 0. The molecule has 1 saturated heterocycles. The van der Waals surface area contributed by atoms with Gasteiger partial charge in [-0.1, -0.05) is 12.8 Å². The molecule has 1 N–H and O–H groups in total. The van der Waals surface area contributed by atoms with E-state index in [2.05, 4.69) is 15.2 Å². The predicted molar refractivity (Wildman–Crippen MR) is 62.0 cm³/mol. The van der Waals surface area contributed by atoms with Crippen LogP contribution in [0.5, 0.6) is 0 Å². The maximum absolute atomic E-state index is 4.69. The lowest BCUT2D eigenvalue weighted by Gasteiger charge is -2.03. The lowest BCUT2D eigenvalue weighted by molar-refractivity contribution is 0.670. The van der Waals surface area contributed by atoms with Gasteiger partial charge in [0, 0.05) is 5.92 Å². The quantitative estimate of drug-likeness (QED) is 0.838. The van der Waals surface area contributed by atoms with Crippen molar-refractivity contribution in [1.82, 2.24) is 15.2 Å². The Balaban J connectivity index is 1.74. The Hall–Kier alpha value is -0.510. The summed E-state index contributed by atoms with van der Waals surface area (Å²) in [5, 5.41) is 8.13. The van der Waals surface area contributed by atoms with Crippen molar-refractivity contribution >= 4 is 11.8 Å². The van der Waals surface area contributed by atoms with Crippen LogP contribution in [-0.4, -0.2) is 20.9 Å². The van der Waals surface area contributed by atoms with Gasteiger partial charge in [0.15, 0.2) is 5.82 Å². The summed E-state index contributed by atoms with van der Waals surface area (Å²) in [5.74, 6) is 4.13. The average molecular weight is 223 g/mol. The summed E-state index contributed by atoms with van der Waals surface area (Å²) in [4.78, 5) is 4.69. The van der Waals surface area contributed by atoms with Crippen LogP contribution in [0.15, 0.2) is 0 Å². The van der Waals surface area contributed by atoms with Crippen LogP contribution < -0.4 is 0 Å². The molecule has 0 amide bonds. The first kappa shape index (κ1) is 9.70. The topological polar surface area (TPSA) is 41.6 Å². The van der Waals surface area contributed by atoms with Gasteiger partial charge in [0.05, 0.1) is 5.25 Å². The number of hydrogen-bond donors (Lipinski definition) is 1. The molecule has 1 aromatic heterocycles. The summed E-state index contributed by atoms with van der Waals surface area (Å²) in [5.41, 5.74) is 0. The van der Waals surface area contributed by atoms with Crippen molar-refractivity contribution in [3.63, 3.8) is 0 Å². The van der Waals surface area contributed by atoms with E-state index in [4.69, 9.17) is 0 Å². The molecule has 0 spiro atoms. The monoisotopic (exact) mass is 223 g/mol. The molecule has 15 heavy (non-hydrogen) atoms. The third-order valence-corrected chi connectivity index (χ3v) is 4.86. The van der Waals surface area contributed by atoms with Crippen LogP contribution in [-0.2, 0) is 0 Å². The highest BCUT2D eigenvalue weighted by atomic mass is 32.2. The summed E-state index contributed by atoms with van der Waals surface area (Å²) < 4.78 is 0. The number of aromatic nitrogens is 3. The second kappa shape index (κ2) is 4.16. The van der Waals surface area contributed by atoms with Gasteiger partial charge in [-0.2, -0.15) is 16.9 Å². The van der Waals surface area contributed by atoms with E-state index >= 15 is 0 Å². The van der Waals surface area contributed by atoms with Crippen LogP contribution in [0.4, 0.5) is 0 Å². The van der Waals surface area contributed by atoms with Gasteiger partial charge >= 0.3 is 0 Å². The van der Waals surface area contributed by atoms with Gasteiger partial charge in [0.25, 0.3) is 0 Å². The molecule has 1 atom stereocenters. The third-order valence-electron chi connectivity index (χ3n) is 3.47. The van der Waals surface area contributed by atoms with Crippen molar-refractivity contribution < 1.29 is 0 Å². The Bertz CT molecular complexity index is 294. The lowest BCUT2D eigenvalue weighted by Crippen LogP contribution is -1.96. The number of H-pyrrole nitrogens is 1. The van der Waals surface area contributed by atoms with Gasteiger partial charge in [-0.3, -0.25) is 5.10 Å². The zero-order valence-electron chi connectivity index (χ0n) is 8.91. The Kier molecular flexibility index (Phi) is 2.69. The molecular weight excluding hydrogens is 206 g/mol. The number of thioether (sulfide) groups is 1. The number of nitrogens with one attached hydrogen (secondary N) is 1. The molecule has 1 aliphatic heterocycles. The Labute approximate surface area is 94.4 Å². The number of aromatic amines is 1. The molecule has 0 bridgehead atoms. The van der Waals surface area contributed by atoms with Crippen molar-refractivity contribution in [2.24, 2.45) is 0 Å². The molecule has 2 heterocycles. The first-order valence-corrected chi connectivity index (χ1v) is 7.02. The molecule has 3 rings (SSSR count). The van der Waals surface area contributed by atoms with Crippen molar-refractivity contribution in [3.8, 4) is 0 Å². The third kappa shape index (κ3) is 1.92. The maximum Gasteiger partial charge on any atom is 0.153 e. The molecule has 2 fully saturated rings.